The van der Waals surface area contributed by atoms with Crippen molar-refractivity contribution < 1.29 is 80.2 Å². The highest BCUT2D eigenvalue weighted by molar-refractivity contribution is 7.47. The van der Waals surface area contributed by atoms with E-state index in [1.165, 1.54) is 205 Å². The van der Waals surface area contributed by atoms with Gasteiger partial charge in [0.2, 0.25) is 0 Å². The minimum Gasteiger partial charge on any atom is -0.462 e. The van der Waals surface area contributed by atoms with Gasteiger partial charge in [-0.25, -0.2) is 9.13 Å². The lowest BCUT2D eigenvalue weighted by Crippen LogP contribution is -2.30. The van der Waals surface area contributed by atoms with Crippen molar-refractivity contribution in [1.29, 1.82) is 0 Å². The monoisotopic (exact) mass is 1350 g/mol. The number of hydrogen-bond acceptors (Lipinski definition) is 15. The van der Waals surface area contributed by atoms with Gasteiger partial charge in [0, 0.05) is 25.7 Å². The second-order valence-electron chi connectivity index (χ2n) is 26.3. The van der Waals surface area contributed by atoms with Gasteiger partial charge in [0.15, 0.2) is 12.2 Å². The second kappa shape index (κ2) is 67.6. The number of hydrogen-bond donors (Lipinski definition) is 3. The lowest BCUT2D eigenvalue weighted by molar-refractivity contribution is -0.161. The topological polar surface area (TPSA) is 237 Å². The van der Waals surface area contributed by atoms with E-state index in [2.05, 4.69) is 27.7 Å². The summed E-state index contributed by atoms with van der Waals surface area (Å²) in [6, 6.07) is 0. The molecule has 0 heterocycles. The average Bonchev–Trinajstić information content (AvgIpc) is 3.70. The predicted molar refractivity (Wildman–Crippen MR) is 372 cm³/mol. The summed E-state index contributed by atoms with van der Waals surface area (Å²) in [5.41, 5.74) is 0. The van der Waals surface area contributed by atoms with E-state index in [9.17, 15) is 43.2 Å². The molecule has 5 atom stereocenters. The van der Waals surface area contributed by atoms with Gasteiger partial charge in [0.05, 0.1) is 26.4 Å². The highest BCUT2D eigenvalue weighted by atomic mass is 31.2. The summed E-state index contributed by atoms with van der Waals surface area (Å²) in [6.45, 7) is 4.92. The van der Waals surface area contributed by atoms with Crippen LogP contribution in [0.3, 0.4) is 0 Å². The van der Waals surface area contributed by atoms with Crippen LogP contribution in [0.25, 0.3) is 0 Å². The van der Waals surface area contributed by atoms with Crippen molar-refractivity contribution in [3.63, 3.8) is 0 Å². The van der Waals surface area contributed by atoms with Gasteiger partial charge in [-0.15, -0.1) is 0 Å². The van der Waals surface area contributed by atoms with E-state index < -0.39 is 97.5 Å². The van der Waals surface area contributed by atoms with Crippen molar-refractivity contribution in [2.75, 3.05) is 39.6 Å². The maximum atomic E-state index is 13.0. The molecule has 0 aromatic heterocycles. The zero-order valence-electron chi connectivity index (χ0n) is 59.5. The highest BCUT2D eigenvalue weighted by Crippen LogP contribution is 2.45. The summed E-state index contributed by atoms with van der Waals surface area (Å²) < 4.78 is 68.3. The molecule has 2 unspecified atom stereocenters. The summed E-state index contributed by atoms with van der Waals surface area (Å²) in [5, 5.41) is 10.6. The molecule has 0 fully saturated rings. The van der Waals surface area contributed by atoms with Gasteiger partial charge in [-0.2, -0.15) is 0 Å². The number of aliphatic hydroxyl groups excluding tert-OH is 1. The summed E-state index contributed by atoms with van der Waals surface area (Å²) in [7, 11) is -9.90. The first-order chi connectivity index (χ1) is 44.7. The molecule has 92 heavy (non-hydrogen) atoms. The van der Waals surface area contributed by atoms with Gasteiger partial charge < -0.3 is 33.8 Å². The van der Waals surface area contributed by atoms with Crippen molar-refractivity contribution in [1.82, 2.24) is 0 Å². The van der Waals surface area contributed by atoms with E-state index in [1.54, 1.807) is 0 Å². The highest BCUT2D eigenvalue weighted by Gasteiger charge is 2.30. The van der Waals surface area contributed by atoms with Crippen LogP contribution in [0.5, 0.6) is 0 Å². The number of phosphoric acid groups is 2. The Labute approximate surface area is 562 Å². The lowest BCUT2D eigenvalue weighted by atomic mass is 10.0. The zero-order chi connectivity index (χ0) is 67.5. The molecule has 3 N–H and O–H groups in total. The van der Waals surface area contributed by atoms with Gasteiger partial charge in [0.25, 0.3) is 0 Å². The number of rotatable bonds is 74. The molecule has 0 aromatic carbocycles. The normalized spacial score (nSPS) is 13.9. The number of phosphoric ester groups is 2. The fourth-order valence-corrected chi connectivity index (χ4v) is 12.8. The quantitative estimate of drug-likeness (QED) is 0.0222. The van der Waals surface area contributed by atoms with Crippen LogP contribution in [0, 0.1) is 0 Å². The van der Waals surface area contributed by atoms with Crippen LogP contribution >= 0.6 is 15.6 Å². The number of aliphatic hydroxyl groups is 1. The summed E-state index contributed by atoms with van der Waals surface area (Å²) in [4.78, 5) is 72.5. The smallest absolute Gasteiger partial charge is 0.462 e. The van der Waals surface area contributed by atoms with Crippen LogP contribution in [0.4, 0.5) is 0 Å². The van der Waals surface area contributed by atoms with Gasteiger partial charge >= 0.3 is 39.5 Å². The van der Waals surface area contributed by atoms with Crippen LogP contribution in [0.2, 0.25) is 0 Å². The van der Waals surface area contributed by atoms with Gasteiger partial charge in [0.1, 0.15) is 19.3 Å². The molecule has 0 aliphatic heterocycles. The molecule has 546 valence electrons. The molecule has 0 rings (SSSR count). The molecule has 0 saturated heterocycles. The van der Waals surface area contributed by atoms with E-state index in [-0.39, 0.29) is 25.7 Å². The molecule has 0 radical (unpaired) electrons. The van der Waals surface area contributed by atoms with E-state index in [1.807, 2.05) is 0 Å². The Morgan fingerprint density at radius 3 is 0.641 bits per heavy atom. The van der Waals surface area contributed by atoms with Gasteiger partial charge in [-0.05, 0) is 25.7 Å². The average molecular weight is 1350 g/mol. The summed E-state index contributed by atoms with van der Waals surface area (Å²) in [6.07, 6.45) is 57.0. The molecule has 17 nitrogen and oxygen atoms in total. The Balaban J connectivity index is 5.14. The van der Waals surface area contributed by atoms with Gasteiger partial charge in [-0.1, -0.05) is 336 Å². The van der Waals surface area contributed by atoms with Crippen molar-refractivity contribution in [3.05, 3.63) is 0 Å². The van der Waals surface area contributed by atoms with Crippen LogP contribution in [0.1, 0.15) is 387 Å². The Morgan fingerprint density at radius 1 is 0.261 bits per heavy atom. The molecular weight excluding hydrogens is 1210 g/mol. The molecule has 0 aliphatic rings. The fourth-order valence-electron chi connectivity index (χ4n) is 11.2. The van der Waals surface area contributed by atoms with Crippen LogP contribution in [0.15, 0.2) is 0 Å². The maximum Gasteiger partial charge on any atom is 0.472 e. The summed E-state index contributed by atoms with van der Waals surface area (Å²) in [5.74, 6) is -2.12. The van der Waals surface area contributed by atoms with Crippen LogP contribution in [-0.4, -0.2) is 96.7 Å². The Kier molecular flexibility index (Phi) is 66.2. The second-order valence-corrected chi connectivity index (χ2v) is 29.2. The molecule has 0 spiro atoms. The summed E-state index contributed by atoms with van der Waals surface area (Å²) >= 11 is 0. The molecular formula is C73H142O17P2. The molecule has 19 heteroatoms. The Morgan fingerprint density at radius 2 is 0.435 bits per heavy atom. The van der Waals surface area contributed by atoms with E-state index >= 15 is 0 Å². The standard InChI is InChI=1S/C73H142O17P2/c1-5-9-13-17-21-24-27-30-31-32-33-34-35-36-37-38-41-44-48-52-56-60-73(78)90-69(64-84-71(76)58-54-50-46-42-39-28-25-22-18-14-10-6-2)66-88-92(81,82)86-62-67(74)61-85-91(79,80)87-65-68(63-83-70(75)57-53-49-45-20-16-12-8-4)89-72(77)59-55-51-47-43-40-29-26-23-19-15-11-7-3/h67-69,74H,5-66H2,1-4H3,(H,79,80)(H,81,82)/t67-,68+,69+/m0/s1. The predicted octanol–water partition coefficient (Wildman–Crippen LogP) is 21.4. The van der Waals surface area contributed by atoms with Gasteiger partial charge in [-0.3, -0.25) is 37.3 Å². The van der Waals surface area contributed by atoms with Crippen molar-refractivity contribution in [2.24, 2.45) is 0 Å². The number of esters is 4. The molecule has 0 amide bonds. The Bertz CT molecular complexity index is 1760. The third-order valence-electron chi connectivity index (χ3n) is 17.1. The first-order valence-electron chi connectivity index (χ1n) is 38.3. The molecule has 0 bridgehead atoms. The first-order valence-corrected chi connectivity index (χ1v) is 41.3. The van der Waals surface area contributed by atoms with E-state index in [0.717, 1.165) is 103 Å². The van der Waals surface area contributed by atoms with Crippen LogP contribution < -0.4 is 0 Å². The SMILES string of the molecule is CCCCCCCCCCCCCCCCCCCCCCCC(=O)O[C@H](COC(=O)CCCCCCCCCCCCCC)COP(=O)(O)OC[C@@H](O)COP(=O)(O)OC[C@@H](COC(=O)CCCCCCCCC)OC(=O)CCCCCCCCCCCCCC. The van der Waals surface area contributed by atoms with E-state index in [4.69, 9.17) is 37.0 Å². The number of unbranched alkanes of at least 4 members (excludes halogenated alkanes) is 48. The van der Waals surface area contributed by atoms with Crippen molar-refractivity contribution in [3.8, 4) is 0 Å². The number of carbonyl (C=O) groups is 4. The minimum absolute atomic E-state index is 0.107. The molecule has 0 aromatic rings. The van der Waals surface area contributed by atoms with E-state index in [0.29, 0.717) is 25.7 Å². The third kappa shape index (κ3) is 66.7. The maximum absolute atomic E-state index is 13.0. The minimum atomic E-state index is -4.95. The fraction of sp³-hybridized carbons (Fsp3) is 0.945. The number of ether oxygens (including phenoxy) is 4. The van der Waals surface area contributed by atoms with Crippen molar-refractivity contribution in [2.45, 2.75) is 406 Å². The molecule has 0 saturated carbocycles. The Hall–Kier alpha value is -1.94. The van der Waals surface area contributed by atoms with Crippen LogP contribution in [-0.2, 0) is 65.4 Å². The van der Waals surface area contributed by atoms with Crippen molar-refractivity contribution >= 4 is 39.5 Å². The lowest BCUT2D eigenvalue weighted by Gasteiger charge is -2.21. The number of carbonyl (C=O) groups excluding carboxylic acids is 4. The zero-order valence-corrected chi connectivity index (χ0v) is 61.3. The molecule has 0 aliphatic carbocycles. The first kappa shape index (κ1) is 90.1. The third-order valence-corrected chi connectivity index (χ3v) is 19.0. The largest absolute Gasteiger partial charge is 0.472 e.